The van der Waals surface area contributed by atoms with Crippen LogP contribution in [0.1, 0.15) is 10.6 Å². The number of aliphatic hydroxyl groups excluding tert-OH is 2. The van der Waals surface area contributed by atoms with Gasteiger partial charge in [-0.05, 0) is 24.3 Å². The number of nitrogens with zero attached hydrogens (tertiary/aromatic N) is 2. The van der Waals surface area contributed by atoms with E-state index in [1.807, 2.05) is 59.5 Å². The smallest absolute Gasteiger partial charge is 0.263 e. The topological polar surface area (TPSA) is 64.7 Å². The number of anilines is 1. The monoisotopic (exact) mass is 511 g/mol. The van der Waals surface area contributed by atoms with E-state index in [4.69, 9.17) is 0 Å². The third-order valence-electron chi connectivity index (χ3n) is 6.32. The first-order chi connectivity index (χ1) is 17.6. The van der Waals surface area contributed by atoms with Crippen LogP contribution in [0.2, 0.25) is 0 Å². The fourth-order valence-electron chi connectivity index (χ4n) is 4.54. The summed E-state index contributed by atoms with van der Waals surface area (Å²) >= 11 is 3.14. The average Bonchev–Trinajstić information content (AvgIpc) is 3.44. The number of fused-ring (bicyclic) bond motifs is 2. The number of hydrogen-bond donors (Lipinski definition) is 2. The van der Waals surface area contributed by atoms with Gasteiger partial charge in [-0.25, -0.2) is 0 Å². The maximum atomic E-state index is 13.2. The molecule has 36 heavy (non-hydrogen) atoms. The van der Waals surface area contributed by atoms with E-state index in [1.165, 1.54) is 11.8 Å². The minimum Gasteiger partial charge on any atom is -0.506 e. The average molecular weight is 512 g/mol. The quantitative estimate of drug-likeness (QED) is 0.266. The fourth-order valence-corrected chi connectivity index (χ4v) is 6.77. The van der Waals surface area contributed by atoms with E-state index >= 15 is 0 Å². The summed E-state index contributed by atoms with van der Waals surface area (Å²) in [6, 6.07) is 26.3. The summed E-state index contributed by atoms with van der Waals surface area (Å²) < 4.78 is 3.31. The fraction of sp³-hybridized carbons (Fsp3) is 0.103. The number of carbonyl (C=O) groups excluding carboxylic acids is 1. The van der Waals surface area contributed by atoms with Crippen molar-refractivity contribution in [3.8, 4) is 0 Å². The molecule has 1 aliphatic heterocycles. The van der Waals surface area contributed by atoms with Gasteiger partial charge in [-0.2, -0.15) is 4.57 Å². The molecule has 2 N–H and O–H groups in total. The minimum absolute atomic E-state index is 0.0102. The van der Waals surface area contributed by atoms with Gasteiger partial charge in [0.05, 0.1) is 28.5 Å². The number of carbonyl (C=O) groups is 1. The number of rotatable bonds is 6. The molecule has 0 atom stereocenters. The summed E-state index contributed by atoms with van der Waals surface area (Å²) in [5.74, 6) is -0.166. The number of β-amino-alcohol motifs (C(OH)–C–C–N with tert-alkyl or cyclic N) is 1. The van der Waals surface area contributed by atoms with Crippen LogP contribution < -0.4 is 9.47 Å². The molecule has 0 amide bonds. The number of Topliss-reactive ketones (excluding diaryl/α,β-unsaturated/α-hetero) is 1. The molecule has 178 valence electrons. The molecule has 3 aromatic carbocycles. The summed E-state index contributed by atoms with van der Waals surface area (Å²) in [4.78, 5) is 16.2. The number of allylic oxidation sites excluding steroid dienone is 3. The van der Waals surface area contributed by atoms with Crippen molar-refractivity contribution in [2.75, 3.05) is 18.1 Å². The van der Waals surface area contributed by atoms with Crippen LogP contribution in [0.4, 0.5) is 5.69 Å². The van der Waals surface area contributed by atoms with Crippen molar-refractivity contribution in [3.05, 3.63) is 117 Å². The van der Waals surface area contributed by atoms with Gasteiger partial charge in [0.1, 0.15) is 10.5 Å². The molecule has 0 fully saturated rings. The van der Waals surface area contributed by atoms with Crippen molar-refractivity contribution >= 4 is 50.9 Å². The Balaban J connectivity index is 1.37. The SMILES string of the molecule is O=C1C(=Cc2sc3ccccc3[n+]2Cc2ccccc2)C(O)=C1C=C1Sc2ccccc2N1CCO. The number of ketones is 1. The standard InChI is InChI=1S/C29H22N2O3S2/c32-15-14-30-22-10-4-6-12-24(22)35-26(30)16-20-28(33)21(29(20)34)17-27-31(18-19-8-2-1-3-9-19)23-11-5-7-13-25(23)36-27/h1-13,16-17,32H,14-15,18H2/p+1. The van der Waals surface area contributed by atoms with Gasteiger partial charge in [-0.1, -0.05) is 77.7 Å². The van der Waals surface area contributed by atoms with Gasteiger partial charge in [0, 0.05) is 29.1 Å². The Kier molecular flexibility index (Phi) is 5.97. The lowest BCUT2D eigenvalue weighted by atomic mass is 9.88. The Morgan fingerprint density at radius 2 is 1.67 bits per heavy atom. The molecular formula is C29H23N2O3S2+. The van der Waals surface area contributed by atoms with Crippen LogP contribution in [-0.4, -0.2) is 29.1 Å². The predicted octanol–water partition coefficient (Wildman–Crippen LogP) is 5.46. The first kappa shape index (κ1) is 22.8. The Hall–Kier alpha value is -3.65. The maximum Gasteiger partial charge on any atom is 0.263 e. The van der Waals surface area contributed by atoms with E-state index in [0.29, 0.717) is 24.2 Å². The summed E-state index contributed by atoms with van der Waals surface area (Å²) in [7, 11) is 0. The molecular weight excluding hydrogens is 488 g/mol. The molecule has 1 aliphatic carbocycles. The number of hydrogen-bond acceptors (Lipinski definition) is 6. The number of thiazole rings is 1. The van der Waals surface area contributed by atoms with Crippen LogP contribution in [0.3, 0.4) is 0 Å². The first-order valence-electron chi connectivity index (χ1n) is 11.7. The number of aromatic nitrogens is 1. The molecule has 2 heterocycles. The van der Waals surface area contributed by atoms with Crippen LogP contribution >= 0.6 is 23.1 Å². The molecule has 1 aromatic heterocycles. The van der Waals surface area contributed by atoms with Crippen molar-refractivity contribution in [2.24, 2.45) is 0 Å². The van der Waals surface area contributed by atoms with Gasteiger partial charge < -0.3 is 15.1 Å². The van der Waals surface area contributed by atoms with E-state index in [9.17, 15) is 15.0 Å². The Labute approximate surface area is 216 Å². The highest BCUT2D eigenvalue weighted by Crippen LogP contribution is 2.47. The number of aliphatic hydroxyl groups is 2. The normalized spacial score (nSPS) is 17.4. The summed E-state index contributed by atoms with van der Waals surface area (Å²) in [5, 5.41) is 22.2. The number of thioether (sulfide) groups is 1. The second-order valence-electron chi connectivity index (χ2n) is 8.56. The third-order valence-corrected chi connectivity index (χ3v) is 8.54. The van der Waals surface area contributed by atoms with Crippen LogP contribution in [0, 0.1) is 0 Å². The van der Waals surface area contributed by atoms with Gasteiger partial charge in [0.2, 0.25) is 11.3 Å². The van der Waals surface area contributed by atoms with Crippen molar-refractivity contribution < 1.29 is 19.6 Å². The molecule has 5 nitrogen and oxygen atoms in total. The van der Waals surface area contributed by atoms with E-state index in [1.54, 1.807) is 23.5 Å². The van der Waals surface area contributed by atoms with Crippen molar-refractivity contribution in [2.45, 2.75) is 11.4 Å². The zero-order valence-corrected chi connectivity index (χ0v) is 20.9. The highest BCUT2D eigenvalue weighted by molar-refractivity contribution is 8.03. The van der Waals surface area contributed by atoms with Gasteiger partial charge in [-0.15, -0.1) is 0 Å². The molecule has 4 aromatic rings. The lowest BCUT2D eigenvalue weighted by Gasteiger charge is -2.22. The molecule has 0 saturated carbocycles. The lowest BCUT2D eigenvalue weighted by molar-refractivity contribution is -0.659. The maximum absolute atomic E-state index is 13.2. The molecule has 0 unspecified atom stereocenters. The van der Waals surface area contributed by atoms with Gasteiger partial charge in [0.25, 0.3) is 5.01 Å². The van der Waals surface area contributed by atoms with Crippen LogP contribution in [0.5, 0.6) is 0 Å². The Bertz CT molecular complexity index is 1580. The highest BCUT2D eigenvalue weighted by atomic mass is 32.2. The van der Waals surface area contributed by atoms with Crippen molar-refractivity contribution in [1.29, 1.82) is 0 Å². The molecule has 6 rings (SSSR count). The van der Waals surface area contributed by atoms with E-state index in [-0.39, 0.29) is 18.1 Å². The minimum atomic E-state index is -0.177. The second-order valence-corrected chi connectivity index (χ2v) is 10.7. The van der Waals surface area contributed by atoms with Crippen LogP contribution in [0.25, 0.3) is 16.3 Å². The molecule has 0 bridgehead atoms. The Morgan fingerprint density at radius 1 is 0.917 bits per heavy atom. The third kappa shape index (κ3) is 3.95. The van der Waals surface area contributed by atoms with Crippen LogP contribution in [-0.2, 0) is 11.3 Å². The molecule has 0 saturated heterocycles. The second kappa shape index (κ2) is 9.43. The first-order valence-corrected chi connectivity index (χ1v) is 13.3. The Morgan fingerprint density at radius 3 is 2.47 bits per heavy atom. The van der Waals surface area contributed by atoms with Crippen LogP contribution in [0.15, 0.2) is 112 Å². The molecule has 2 aliphatic rings. The zero-order valence-electron chi connectivity index (χ0n) is 19.3. The highest BCUT2D eigenvalue weighted by Gasteiger charge is 2.36. The number of benzene rings is 3. The largest absolute Gasteiger partial charge is 0.506 e. The van der Waals surface area contributed by atoms with Gasteiger partial charge in [0.15, 0.2) is 6.54 Å². The van der Waals surface area contributed by atoms with Gasteiger partial charge >= 0.3 is 0 Å². The van der Waals surface area contributed by atoms with Crippen molar-refractivity contribution in [3.63, 3.8) is 0 Å². The number of para-hydroxylation sites is 2. The van der Waals surface area contributed by atoms with Gasteiger partial charge in [-0.3, -0.25) is 4.79 Å². The predicted molar refractivity (Wildman–Crippen MR) is 145 cm³/mol. The molecule has 7 heteroatoms. The van der Waals surface area contributed by atoms with E-state index in [0.717, 1.165) is 36.4 Å². The van der Waals surface area contributed by atoms with Crippen molar-refractivity contribution in [1.82, 2.24) is 0 Å². The molecule has 0 radical (unpaired) electrons. The molecule has 0 spiro atoms. The summed E-state index contributed by atoms with van der Waals surface area (Å²) in [6.07, 6.45) is 3.54. The zero-order chi connectivity index (χ0) is 24.6. The lowest BCUT2D eigenvalue weighted by Crippen LogP contribution is -2.36. The summed E-state index contributed by atoms with van der Waals surface area (Å²) in [6.45, 7) is 1.08. The van der Waals surface area contributed by atoms with E-state index < -0.39 is 0 Å². The van der Waals surface area contributed by atoms with E-state index in [2.05, 4.69) is 28.8 Å². The summed E-state index contributed by atoms with van der Waals surface area (Å²) in [5.41, 5.74) is 3.88.